The van der Waals surface area contributed by atoms with Crippen LogP contribution in [0.2, 0.25) is 5.02 Å². The van der Waals surface area contributed by atoms with Crippen LogP contribution in [0.3, 0.4) is 0 Å². The molecule has 2 aromatic carbocycles. The van der Waals surface area contributed by atoms with Crippen molar-refractivity contribution in [3.8, 4) is 11.4 Å². The van der Waals surface area contributed by atoms with Crippen molar-refractivity contribution in [3.05, 3.63) is 89.1 Å². The van der Waals surface area contributed by atoms with Gasteiger partial charge in [-0.3, -0.25) is 4.57 Å². The highest BCUT2D eigenvalue weighted by molar-refractivity contribution is 7.98. The zero-order valence-electron chi connectivity index (χ0n) is 14.2. The second-order valence-corrected chi connectivity index (χ2v) is 7.27. The largest absolute Gasteiger partial charge is 0.467 e. The van der Waals surface area contributed by atoms with Gasteiger partial charge in [0.1, 0.15) is 11.6 Å². The lowest BCUT2D eigenvalue weighted by Crippen LogP contribution is -2.03. The van der Waals surface area contributed by atoms with Gasteiger partial charge in [-0.2, -0.15) is 0 Å². The third-order valence-corrected chi connectivity index (χ3v) is 5.28. The van der Waals surface area contributed by atoms with Crippen molar-refractivity contribution >= 4 is 23.4 Å². The molecule has 2 heterocycles. The molecule has 0 bridgehead atoms. The number of halogens is 2. The summed E-state index contributed by atoms with van der Waals surface area (Å²) in [5.74, 6) is 1.98. The minimum Gasteiger partial charge on any atom is -0.467 e. The number of benzene rings is 2. The molecule has 0 fully saturated rings. The molecular formula is C20H15ClFN3OS. The molecule has 2 aromatic heterocycles. The summed E-state index contributed by atoms with van der Waals surface area (Å²) in [6.45, 7) is 0.518. The number of thioether (sulfide) groups is 1. The van der Waals surface area contributed by atoms with E-state index in [-0.39, 0.29) is 5.82 Å². The molecular weight excluding hydrogens is 385 g/mol. The lowest BCUT2D eigenvalue weighted by Gasteiger charge is -2.09. The van der Waals surface area contributed by atoms with Gasteiger partial charge < -0.3 is 4.42 Å². The van der Waals surface area contributed by atoms with Crippen LogP contribution in [0.5, 0.6) is 0 Å². The maximum absolute atomic E-state index is 13.1. The minimum absolute atomic E-state index is 0.241. The summed E-state index contributed by atoms with van der Waals surface area (Å²) in [6.07, 6.45) is 1.65. The molecule has 0 aliphatic carbocycles. The van der Waals surface area contributed by atoms with Gasteiger partial charge in [0.05, 0.1) is 12.8 Å². The molecule has 4 rings (SSSR count). The van der Waals surface area contributed by atoms with Gasteiger partial charge in [-0.1, -0.05) is 35.5 Å². The van der Waals surface area contributed by atoms with Crippen molar-refractivity contribution in [1.29, 1.82) is 0 Å². The van der Waals surface area contributed by atoms with Crippen LogP contribution in [-0.2, 0) is 12.3 Å². The Morgan fingerprint density at radius 1 is 1.00 bits per heavy atom. The zero-order chi connectivity index (χ0) is 18.6. The SMILES string of the molecule is Fc1ccc(CSc2nnc(-c3ccc(Cl)cc3)n2Cc2ccco2)cc1. The van der Waals surface area contributed by atoms with Crippen LogP contribution in [-0.4, -0.2) is 14.8 Å². The minimum atomic E-state index is -0.241. The second-order valence-electron chi connectivity index (χ2n) is 5.89. The number of hydrogen-bond acceptors (Lipinski definition) is 4. The molecule has 0 aliphatic heterocycles. The fraction of sp³-hybridized carbons (Fsp3) is 0.100. The monoisotopic (exact) mass is 399 g/mol. The highest BCUT2D eigenvalue weighted by atomic mass is 35.5. The van der Waals surface area contributed by atoms with E-state index in [0.717, 1.165) is 27.9 Å². The highest BCUT2D eigenvalue weighted by Crippen LogP contribution is 2.28. The Balaban J connectivity index is 1.63. The average molecular weight is 400 g/mol. The average Bonchev–Trinajstić information content (AvgIpc) is 3.33. The Kier molecular flexibility index (Phi) is 5.27. The van der Waals surface area contributed by atoms with Crippen LogP contribution in [0.15, 0.2) is 76.5 Å². The van der Waals surface area contributed by atoms with E-state index in [1.165, 1.54) is 12.1 Å². The molecule has 0 saturated carbocycles. The first-order valence-corrected chi connectivity index (χ1v) is 9.64. The molecule has 0 atom stereocenters. The van der Waals surface area contributed by atoms with Gasteiger partial charge in [0.2, 0.25) is 0 Å². The van der Waals surface area contributed by atoms with E-state index in [0.29, 0.717) is 17.3 Å². The molecule has 0 spiro atoms. The van der Waals surface area contributed by atoms with Crippen molar-refractivity contribution in [2.45, 2.75) is 17.5 Å². The first kappa shape index (κ1) is 17.8. The van der Waals surface area contributed by atoms with Gasteiger partial charge in [-0.05, 0) is 54.1 Å². The quantitative estimate of drug-likeness (QED) is 0.392. The van der Waals surface area contributed by atoms with Crippen LogP contribution in [0.4, 0.5) is 4.39 Å². The Morgan fingerprint density at radius 2 is 1.78 bits per heavy atom. The highest BCUT2D eigenvalue weighted by Gasteiger charge is 2.16. The zero-order valence-corrected chi connectivity index (χ0v) is 15.8. The van der Waals surface area contributed by atoms with Crippen LogP contribution >= 0.6 is 23.4 Å². The predicted octanol–water partition coefficient (Wildman–Crippen LogP) is 5.67. The molecule has 0 saturated heterocycles. The van der Waals surface area contributed by atoms with Crippen LogP contribution in [0.25, 0.3) is 11.4 Å². The fourth-order valence-electron chi connectivity index (χ4n) is 2.64. The molecule has 136 valence electrons. The number of aromatic nitrogens is 3. The number of hydrogen-bond donors (Lipinski definition) is 0. The van der Waals surface area contributed by atoms with E-state index in [2.05, 4.69) is 10.2 Å². The molecule has 0 unspecified atom stereocenters. The lowest BCUT2D eigenvalue weighted by molar-refractivity contribution is 0.485. The fourth-order valence-corrected chi connectivity index (χ4v) is 3.66. The maximum atomic E-state index is 13.1. The Labute approximate surface area is 165 Å². The molecule has 0 N–H and O–H groups in total. The summed E-state index contributed by atoms with van der Waals surface area (Å²) in [5, 5.41) is 10.2. The van der Waals surface area contributed by atoms with Crippen LogP contribution in [0.1, 0.15) is 11.3 Å². The summed E-state index contributed by atoms with van der Waals surface area (Å²) in [5.41, 5.74) is 1.94. The van der Waals surface area contributed by atoms with Gasteiger partial charge in [0, 0.05) is 16.3 Å². The van der Waals surface area contributed by atoms with Crippen LogP contribution in [0, 0.1) is 5.82 Å². The summed E-state index contributed by atoms with van der Waals surface area (Å²) in [7, 11) is 0. The summed E-state index contributed by atoms with van der Waals surface area (Å²) in [4.78, 5) is 0. The molecule has 4 aromatic rings. The van der Waals surface area contributed by atoms with Gasteiger partial charge in [0.15, 0.2) is 11.0 Å². The van der Waals surface area contributed by atoms with Gasteiger partial charge in [-0.25, -0.2) is 4.39 Å². The smallest absolute Gasteiger partial charge is 0.192 e. The van der Waals surface area contributed by atoms with E-state index in [9.17, 15) is 4.39 Å². The Hall–Kier alpha value is -2.57. The van der Waals surface area contributed by atoms with Gasteiger partial charge in [0.25, 0.3) is 0 Å². The molecule has 0 amide bonds. The summed E-state index contributed by atoms with van der Waals surface area (Å²) < 4.78 is 20.6. The van der Waals surface area contributed by atoms with Crippen molar-refractivity contribution in [1.82, 2.24) is 14.8 Å². The normalized spacial score (nSPS) is 11.0. The van der Waals surface area contributed by atoms with Crippen molar-refractivity contribution in [3.63, 3.8) is 0 Å². The van der Waals surface area contributed by atoms with Crippen molar-refractivity contribution in [2.24, 2.45) is 0 Å². The topological polar surface area (TPSA) is 43.9 Å². The number of nitrogens with zero attached hydrogens (tertiary/aromatic N) is 3. The van der Waals surface area contributed by atoms with E-state index in [1.807, 2.05) is 41.0 Å². The molecule has 0 aliphatic rings. The number of furan rings is 1. The second kappa shape index (κ2) is 7.98. The van der Waals surface area contributed by atoms with Gasteiger partial charge in [-0.15, -0.1) is 10.2 Å². The summed E-state index contributed by atoms with van der Waals surface area (Å²) >= 11 is 7.54. The maximum Gasteiger partial charge on any atom is 0.192 e. The van der Waals surface area contributed by atoms with E-state index in [4.69, 9.17) is 16.0 Å². The molecule has 0 radical (unpaired) electrons. The number of rotatable bonds is 6. The lowest BCUT2D eigenvalue weighted by atomic mass is 10.2. The predicted molar refractivity (Wildman–Crippen MR) is 104 cm³/mol. The van der Waals surface area contributed by atoms with Crippen molar-refractivity contribution in [2.75, 3.05) is 0 Å². The Bertz CT molecular complexity index is 1010. The standard InChI is InChI=1S/C20H15ClFN3OS/c21-16-7-5-15(6-8-16)19-23-24-20(25(19)12-18-2-1-11-26-18)27-13-14-3-9-17(22)10-4-14/h1-11H,12-13H2. The molecule has 27 heavy (non-hydrogen) atoms. The molecule has 4 nitrogen and oxygen atoms in total. The Morgan fingerprint density at radius 3 is 2.48 bits per heavy atom. The first-order chi connectivity index (χ1) is 13.2. The summed E-state index contributed by atoms with van der Waals surface area (Å²) in [6, 6.07) is 17.7. The molecule has 7 heteroatoms. The van der Waals surface area contributed by atoms with Crippen molar-refractivity contribution < 1.29 is 8.81 Å². The van der Waals surface area contributed by atoms with E-state index < -0.39 is 0 Å². The van der Waals surface area contributed by atoms with E-state index in [1.54, 1.807) is 30.2 Å². The third kappa shape index (κ3) is 4.23. The first-order valence-electron chi connectivity index (χ1n) is 8.28. The van der Waals surface area contributed by atoms with Crippen LogP contribution < -0.4 is 0 Å². The van der Waals surface area contributed by atoms with E-state index >= 15 is 0 Å². The third-order valence-electron chi connectivity index (χ3n) is 3.99. The van der Waals surface area contributed by atoms with Gasteiger partial charge >= 0.3 is 0 Å².